The number of aliphatic hydroxyl groups excluding tert-OH is 1. The van der Waals surface area contributed by atoms with Crippen molar-refractivity contribution in [3.05, 3.63) is 35.4 Å². The minimum absolute atomic E-state index is 0.0818. The van der Waals surface area contributed by atoms with Gasteiger partial charge in [-0.15, -0.1) is 0 Å². The van der Waals surface area contributed by atoms with Crippen molar-refractivity contribution in [3.8, 4) is 0 Å². The summed E-state index contributed by atoms with van der Waals surface area (Å²) in [5, 5.41) is 9.97. The van der Waals surface area contributed by atoms with E-state index in [0.29, 0.717) is 5.92 Å². The molecule has 0 aromatic heterocycles. The fourth-order valence-electron chi connectivity index (χ4n) is 2.32. The number of hydrogen-bond donors (Lipinski definition) is 2. The lowest BCUT2D eigenvalue weighted by molar-refractivity contribution is 0.149. The second-order valence-corrected chi connectivity index (χ2v) is 4.33. The van der Waals surface area contributed by atoms with E-state index in [4.69, 9.17) is 5.73 Å². The summed E-state index contributed by atoms with van der Waals surface area (Å²) in [6, 6.07) is 8.05. The molecule has 3 unspecified atom stereocenters. The van der Waals surface area contributed by atoms with Gasteiger partial charge in [-0.3, -0.25) is 0 Å². The minimum atomic E-state index is -0.338. The van der Waals surface area contributed by atoms with Gasteiger partial charge in [-0.25, -0.2) is 0 Å². The maximum Gasteiger partial charge on any atom is 0.0795 e. The first-order valence-corrected chi connectivity index (χ1v) is 5.21. The van der Waals surface area contributed by atoms with Crippen LogP contribution in [0, 0.1) is 5.92 Å². The van der Waals surface area contributed by atoms with Gasteiger partial charge in [0, 0.05) is 6.04 Å². The van der Waals surface area contributed by atoms with Gasteiger partial charge in [-0.2, -0.15) is 0 Å². The first kappa shape index (κ1) is 9.69. The third kappa shape index (κ3) is 1.68. The monoisotopic (exact) mass is 191 g/mol. The molecule has 0 bridgehead atoms. The van der Waals surface area contributed by atoms with E-state index in [9.17, 15) is 5.11 Å². The van der Waals surface area contributed by atoms with E-state index >= 15 is 0 Å². The van der Waals surface area contributed by atoms with E-state index in [2.05, 4.69) is 6.92 Å². The number of fused-ring (bicyclic) bond motifs is 1. The Labute approximate surface area is 84.7 Å². The zero-order valence-electron chi connectivity index (χ0n) is 8.48. The summed E-state index contributed by atoms with van der Waals surface area (Å²) in [7, 11) is 0. The number of hydrogen-bond acceptors (Lipinski definition) is 2. The predicted molar refractivity (Wildman–Crippen MR) is 56.7 cm³/mol. The molecular weight excluding hydrogens is 174 g/mol. The van der Waals surface area contributed by atoms with Gasteiger partial charge in [-0.1, -0.05) is 31.2 Å². The second-order valence-electron chi connectivity index (χ2n) is 4.33. The Kier molecular flexibility index (Phi) is 2.57. The van der Waals surface area contributed by atoms with E-state index in [1.807, 2.05) is 24.3 Å². The third-order valence-electron chi connectivity index (χ3n) is 3.04. The normalized spacial score (nSPS) is 32.1. The van der Waals surface area contributed by atoms with Gasteiger partial charge >= 0.3 is 0 Å². The van der Waals surface area contributed by atoms with Crippen molar-refractivity contribution in [1.82, 2.24) is 0 Å². The SMILES string of the molecule is CC1CC(N)c2ccccc2C(O)C1. The van der Waals surface area contributed by atoms with Crippen LogP contribution >= 0.6 is 0 Å². The van der Waals surface area contributed by atoms with Gasteiger partial charge in [0.05, 0.1) is 6.10 Å². The zero-order valence-corrected chi connectivity index (χ0v) is 8.48. The Bertz CT molecular complexity index is 293. The summed E-state index contributed by atoms with van der Waals surface area (Å²) >= 11 is 0. The van der Waals surface area contributed by atoms with E-state index in [1.54, 1.807) is 0 Å². The summed E-state index contributed by atoms with van der Waals surface area (Å²) in [4.78, 5) is 0. The largest absolute Gasteiger partial charge is 0.388 e. The molecule has 1 aliphatic rings. The summed E-state index contributed by atoms with van der Waals surface area (Å²) in [5.41, 5.74) is 8.22. The Morgan fingerprint density at radius 2 is 1.86 bits per heavy atom. The average Bonchev–Trinajstić information content (AvgIpc) is 2.26. The van der Waals surface area contributed by atoms with E-state index in [1.165, 1.54) is 0 Å². The standard InChI is InChI=1S/C12H17NO/c1-8-6-11(13)9-4-2-3-5-10(9)12(14)7-8/h2-5,8,11-12,14H,6-7,13H2,1H3. The molecule has 0 saturated carbocycles. The van der Waals surface area contributed by atoms with Crippen LogP contribution in [0.3, 0.4) is 0 Å². The molecule has 76 valence electrons. The molecule has 3 atom stereocenters. The summed E-state index contributed by atoms with van der Waals surface area (Å²) in [6.07, 6.45) is 1.45. The molecule has 2 rings (SSSR count). The first-order valence-electron chi connectivity index (χ1n) is 5.21. The molecule has 0 aliphatic heterocycles. The van der Waals surface area contributed by atoms with Crippen LogP contribution in [0.5, 0.6) is 0 Å². The Balaban J connectivity index is 2.42. The van der Waals surface area contributed by atoms with Crippen LogP contribution in [0.25, 0.3) is 0 Å². The summed E-state index contributed by atoms with van der Waals surface area (Å²) in [5.74, 6) is 0.493. The van der Waals surface area contributed by atoms with Crippen molar-refractivity contribution < 1.29 is 5.11 Å². The highest BCUT2D eigenvalue weighted by atomic mass is 16.3. The van der Waals surface area contributed by atoms with Crippen LogP contribution < -0.4 is 5.73 Å². The maximum absolute atomic E-state index is 9.97. The molecule has 2 heteroatoms. The number of rotatable bonds is 0. The van der Waals surface area contributed by atoms with Crippen molar-refractivity contribution >= 4 is 0 Å². The Hall–Kier alpha value is -0.860. The highest BCUT2D eigenvalue weighted by Gasteiger charge is 2.24. The highest BCUT2D eigenvalue weighted by molar-refractivity contribution is 5.32. The van der Waals surface area contributed by atoms with Gasteiger partial charge < -0.3 is 10.8 Å². The van der Waals surface area contributed by atoms with Crippen LogP contribution in [0.2, 0.25) is 0 Å². The van der Waals surface area contributed by atoms with Gasteiger partial charge in [0.25, 0.3) is 0 Å². The van der Waals surface area contributed by atoms with Crippen LogP contribution in [0.1, 0.15) is 43.0 Å². The van der Waals surface area contributed by atoms with Gasteiger partial charge in [0.1, 0.15) is 0 Å². The van der Waals surface area contributed by atoms with Crippen molar-refractivity contribution in [2.24, 2.45) is 11.7 Å². The molecule has 14 heavy (non-hydrogen) atoms. The molecule has 3 N–H and O–H groups in total. The molecule has 0 heterocycles. The molecule has 1 aromatic carbocycles. The smallest absolute Gasteiger partial charge is 0.0795 e. The van der Waals surface area contributed by atoms with Crippen molar-refractivity contribution in [2.45, 2.75) is 31.9 Å². The molecule has 0 amide bonds. The van der Waals surface area contributed by atoms with Crippen LogP contribution in [0.4, 0.5) is 0 Å². The number of nitrogens with two attached hydrogens (primary N) is 1. The van der Waals surface area contributed by atoms with E-state index in [-0.39, 0.29) is 12.1 Å². The molecule has 2 nitrogen and oxygen atoms in total. The first-order chi connectivity index (χ1) is 6.68. The quantitative estimate of drug-likeness (QED) is 0.617. The molecule has 0 fully saturated rings. The Morgan fingerprint density at radius 1 is 1.21 bits per heavy atom. The molecule has 0 spiro atoms. The van der Waals surface area contributed by atoms with Crippen molar-refractivity contribution in [1.29, 1.82) is 0 Å². The average molecular weight is 191 g/mol. The van der Waals surface area contributed by atoms with Crippen molar-refractivity contribution in [2.75, 3.05) is 0 Å². The summed E-state index contributed by atoms with van der Waals surface area (Å²) in [6.45, 7) is 2.15. The lowest BCUT2D eigenvalue weighted by Gasteiger charge is -2.13. The lowest BCUT2D eigenvalue weighted by atomic mass is 9.98. The van der Waals surface area contributed by atoms with Crippen LogP contribution in [0.15, 0.2) is 24.3 Å². The van der Waals surface area contributed by atoms with Crippen LogP contribution in [-0.2, 0) is 0 Å². The lowest BCUT2D eigenvalue weighted by Crippen LogP contribution is -2.12. The van der Waals surface area contributed by atoms with Gasteiger partial charge in [-0.05, 0) is 29.9 Å². The topological polar surface area (TPSA) is 46.2 Å². The summed E-state index contributed by atoms with van der Waals surface area (Å²) < 4.78 is 0. The molecular formula is C12H17NO. The molecule has 0 radical (unpaired) electrons. The molecule has 0 saturated heterocycles. The fraction of sp³-hybridized carbons (Fsp3) is 0.500. The number of benzene rings is 1. The maximum atomic E-state index is 9.97. The molecule has 1 aromatic rings. The highest BCUT2D eigenvalue weighted by Crippen LogP contribution is 2.35. The Morgan fingerprint density at radius 3 is 2.57 bits per heavy atom. The van der Waals surface area contributed by atoms with E-state index in [0.717, 1.165) is 24.0 Å². The molecule has 1 aliphatic carbocycles. The number of aliphatic hydroxyl groups is 1. The van der Waals surface area contributed by atoms with Gasteiger partial charge in [0.2, 0.25) is 0 Å². The third-order valence-corrected chi connectivity index (χ3v) is 3.04. The van der Waals surface area contributed by atoms with Gasteiger partial charge in [0.15, 0.2) is 0 Å². The van der Waals surface area contributed by atoms with Crippen LogP contribution in [-0.4, -0.2) is 5.11 Å². The minimum Gasteiger partial charge on any atom is -0.388 e. The fourth-order valence-corrected chi connectivity index (χ4v) is 2.32. The second kappa shape index (κ2) is 3.71. The predicted octanol–water partition coefficient (Wildman–Crippen LogP) is 2.15. The van der Waals surface area contributed by atoms with Crippen molar-refractivity contribution in [3.63, 3.8) is 0 Å². The zero-order chi connectivity index (χ0) is 10.1. The van der Waals surface area contributed by atoms with E-state index < -0.39 is 0 Å².